The van der Waals surface area contributed by atoms with E-state index in [1.807, 2.05) is 0 Å². The monoisotopic (exact) mass is 285 g/mol. The van der Waals surface area contributed by atoms with Crippen molar-refractivity contribution in [2.75, 3.05) is 13.1 Å². The summed E-state index contributed by atoms with van der Waals surface area (Å²) in [6, 6.07) is 4.23. The van der Waals surface area contributed by atoms with Crippen molar-refractivity contribution in [3.8, 4) is 0 Å². The molecule has 1 aromatic carbocycles. The van der Waals surface area contributed by atoms with Gasteiger partial charge in [-0.3, -0.25) is 4.79 Å². The zero-order valence-electron chi connectivity index (χ0n) is 10.8. The molecule has 1 aromatic rings. The average Bonchev–Trinajstić information content (AvgIpc) is 2.38. The largest absolute Gasteiger partial charge is 0.393 e. The summed E-state index contributed by atoms with van der Waals surface area (Å²) < 4.78 is 13.7. The Hall–Kier alpha value is -1.13. The van der Waals surface area contributed by atoms with E-state index in [0.717, 1.165) is 12.8 Å². The van der Waals surface area contributed by atoms with Gasteiger partial charge in [0.1, 0.15) is 5.82 Å². The summed E-state index contributed by atoms with van der Waals surface area (Å²) in [5.74, 6) is -0.748. The SMILES string of the molecule is CC(O)C1CCN(C(=O)c2c(F)cccc2Cl)CC1. The number of aliphatic hydroxyl groups excluding tert-OH is 1. The van der Waals surface area contributed by atoms with Crippen LogP contribution in [0.5, 0.6) is 0 Å². The highest BCUT2D eigenvalue weighted by Crippen LogP contribution is 2.25. The molecule has 0 aliphatic carbocycles. The van der Waals surface area contributed by atoms with Crippen molar-refractivity contribution in [3.05, 3.63) is 34.6 Å². The molecular weight excluding hydrogens is 269 g/mol. The Balaban J connectivity index is 2.10. The van der Waals surface area contributed by atoms with E-state index in [9.17, 15) is 14.3 Å². The van der Waals surface area contributed by atoms with Crippen LogP contribution in [0.1, 0.15) is 30.1 Å². The van der Waals surface area contributed by atoms with Crippen molar-refractivity contribution in [3.63, 3.8) is 0 Å². The number of piperidine rings is 1. The molecule has 104 valence electrons. The van der Waals surface area contributed by atoms with Gasteiger partial charge in [0.2, 0.25) is 0 Å². The molecule has 19 heavy (non-hydrogen) atoms. The molecule has 0 radical (unpaired) electrons. The molecular formula is C14H17ClFNO2. The fourth-order valence-corrected chi connectivity index (χ4v) is 2.69. The van der Waals surface area contributed by atoms with Gasteiger partial charge in [-0.1, -0.05) is 17.7 Å². The third-order valence-electron chi connectivity index (χ3n) is 3.69. The number of benzene rings is 1. The molecule has 1 atom stereocenters. The Bertz CT molecular complexity index is 450. The fourth-order valence-electron chi connectivity index (χ4n) is 2.45. The molecule has 1 fully saturated rings. The smallest absolute Gasteiger partial charge is 0.258 e. The number of halogens is 2. The highest BCUT2D eigenvalue weighted by atomic mass is 35.5. The molecule has 5 heteroatoms. The van der Waals surface area contributed by atoms with Crippen LogP contribution >= 0.6 is 11.6 Å². The van der Waals surface area contributed by atoms with Gasteiger partial charge in [0.15, 0.2) is 0 Å². The van der Waals surface area contributed by atoms with E-state index in [0.29, 0.717) is 13.1 Å². The molecule has 2 rings (SSSR count). The first-order valence-corrected chi connectivity index (χ1v) is 6.80. The Morgan fingerprint density at radius 2 is 2.11 bits per heavy atom. The number of nitrogens with zero attached hydrogens (tertiary/aromatic N) is 1. The van der Waals surface area contributed by atoms with E-state index in [-0.39, 0.29) is 28.5 Å². The van der Waals surface area contributed by atoms with Crippen molar-refractivity contribution in [1.29, 1.82) is 0 Å². The average molecular weight is 286 g/mol. The zero-order valence-corrected chi connectivity index (χ0v) is 11.5. The molecule has 0 saturated carbocycles. The minimum atomic E-state index is -0.588. The fraction of sp³-hybridized carbons (Fsp3) is 0.500. The van der Waals surface area contributed by atoms with Crippen molar-refractivity contribution in [1.82, 2.24) is 4.90 Å². The van der Waals surface area contributed by atoms with Gasteiger partial charge in [-0.15, -0.1) is 0 Å². The molecule has 1 saturated heterocycles. The van der Waals surface area contributed by atoms with Crippen molar-refractivity contribution in [2.24, 2.45) is 5.92 Å². The molecule has 1 amide bonds. The van der Waals surface area contributed by atoms with Crippen LogP contribution in [0.3, 0.4) is 0 Å². The molecule has 0 bridgehead atoms. The van der Waals surface area contributed by atoms with Crippen LogP contribution in [-0.2, 0) is 0 Å². The summed E-state index contributed by atoms with van der Waals surface area (Å²) in [5, 5.41) is 9.66. The van der Waals surface area contributed by atoms with Gasteiger partial charge >= 0.3 is 0 Å². The number of rotatable bonds is 2. The number of hydrogen-bond acceptors (Lipinski definition) is 2. The predicted molar refractivity (Wildman–Crippen MR) is 71.7 cm³/mol. The van der Waals surface area contributed by atoms with Gasteiger partial charge in [-0.25, -0.2) is 4.39 Å². The molecule has 1 aliphatic heterocycles. The lowest BCUT2D eigenvalue weighted by molar-refractivity contribution is 0.0518. The number of amides is 1. The lowest BCUT2D eigenvalue weighted by Crippen LogP contribution is -2.41. The second-order valence-electron chi connectivity index (χ2n) is 4.97. The minimum Gasteiger partial charge on any atom is -0.393 e. The van der Waals surface area contributed by atoms with E-state index in [1.165, 1.54) is 18.2 Å². The molecule has 0 aromatic heterocycles. The number of likely N-dealkylation sites (tertiary alicyclic amines) is 1. The van der Waals surface area contributed by atoms with Crippen LogP contribution in [-0.4, -0.2) is 35.1 Å². The molecule has 1 unspecified atom stereocenters. The summed E-state index contributed by atoms with van der Waals surface area (Å²) in [6.45, 7) is 2.81. The van der Waals surface area contributed by atoms with Crippen molar-refractivity contribution < 1.29 is 14.3 Å². The maximum atomic E-state index is 13.7. The third-order valence-corrected chi connectivity index (χ3v) is 4.00. The summed E-state index contributed by atoms with van der Waals surface area (Å²) in [6.07, 6.45) is 1.10. The summed E-state index contributed by atoms with van der Waals surface area (Å²) in [7, 11) is 0. The molecule has 1 heterocycles. The molecule has 1 aliphatic rings. The van der Waals surface area contributed by atoms with Gasteiger partial charge in [0.25, 0.3) is 5.91 Å². The first kappa shape index (κ1) is 14.3. The number of carbonyl (C=O) groups excluding carboxylic acids is 1. The predicted octanol–water partition coefficient (Wildman–Crippen LogP) is 2.71. The van der Waals surface area contributed by atoms with Crippen LogP contribution in [0, 0.1) is 11.7 Å². The highest BCUT2D eigenvalue weighted by molar-refractivity contribution is 6.33. The van der Waals surface area contributed by atoms with E-state index in [1.54, 1.807) is 11.8 Å². The van der Waals surface area contributed by atoms with Crippen molar-refractivity contribution in [2.45, 2.75) is 25.9 Å². The van der Waals surface area contributed by atoms with Gasteiger partial charge in [0.05, 0.1) is 16.7 Å². The highest BCUT2D eigenvalue weighted by Gasteiger charge is 2.28. The maximum Gasteiger partial charge on any atom is 0.258 e. The van der Waals surface area contributed by atoms with E-state index >= 15 is 0 Å². The molecule has 0 spiro atoms. The quantitative estimate of drug-likeness (QED) is 0.908. The van der Waals surface area contributed by atoms with Crippen LogP contribution in [0.4, 0.5) is 4.39 Å². The first-order chi connectivity index (χ1) is 9.00. The Labute approximate surface area is 117 Å². The summed E-state index contributed by atoms with van der Waals surface area (Å²) in [5.41, 5.74) is -0.0559. The van der Waals surface area contributed by atoms with E-state index in [2.05, 4.69) is 0 Å². The number of hydrogen-bond donors (Lipinski definition) is 1. The van der Waals surface area contributed by atoms with E-state index < -0.39 is 5.82 Å². The summed E-state index contributed by atoms with van der Waals surface area (Å²) >= 11 is 5.90. The standard InChI is InChI=1S/C14H17ClFNO2/c1-9(18)10-5-7-17(8-6-10)14(19)13-11(15)3-2-4-12(13)16/h2-4,9-10,18H,5-8H2,1H3. The first-order valence-electron chi connectivity index (χ1n) is 6.42. The van der Waals surface area contributed by atoms with Gasteiger partial charge in [-0.05, 0) is 37.8 Å². The van der Waals surface area contributed by atoms with Crippen molar-refractivity contribution >= 4 is 17.5 Å². The molecule has 3 nitrogen and oxygen atoms in total. The second kappa shape index (κ2) is 5.88. The Morgan fingerprint density at radius 3 is 2.63 bits per heavy atom. The van der Waals surface area contributed by atoms with Crippen LogP contribution in [0.25, 0.3) is 0 Å². The maximum absolute atomic E-state index is 13.7. The summed E-state index contributed by atoms with van der Waals surface area (Å²) in [4.78, 5) is 13.9. The second-order valence-corrected chi connectivity index (χ2v) is 5.37. The Kier molecular flexibility index (Phi) is 4.42. The topological polar surface area (TPSA) is 40.5 Å². The lowest BCUT2D eigenvalue weighted by atomic mass is 9.92. The van der Waals surface area contributed by atoms with Gasteiger partial charge < -0.3 is 10.0 Å². The zero-order chi connectivity index (χ0) is 14.0. The molecule has 1 N–H and O–H groups in total. The van der Waals surface area contributed by atoms with Gasteiger partial charge in [-0.2, -0.15) is 0 Å². The van der Waals surface area contributed by atoms with Gasteiger partial charge in [0, 0.05) is 13.1 Å². The minimum absolute atomic E-state index is 0.0559. The van der Waals surface area contributed by atoms with Crippen LogP contribution < -0.4 is 0 Å². The van der Waals surface area contributed by atoms with Crippen LogP contribution in [0.2, 0.25) is 5.02 Å². The lowest BCUT2D eigenvalue weighted by Gasteiger charge is -2.33. The van der Waals surface area contributed by atoms with E-state index in [4.69, 9.17) is 11.6 Å². The van der Waals surface area contributed by atoms with Crippen LogP contribution in [0.15, 0.2) is 18.2 Å². The normalized spacial score (nSPS) is 18.4. The number of carbonyl (C=O) groups is 1. The third kappa shape index (κ3) is 3.07. The Morgan fingerprint density at radius 1 is 1.47 bits per heavy atom. The number of aliphatic hydroxyl groups is 1.